The number of anilines is 1. The normalized spacial score (nSPS) is 22.7. The van der Waals surface area contributed by atoms with Crippen molar-refractivity contribution in [2.75, 3.05) is 18.0 Å². The number of fused-ring (bicyclic) bond motifs is 1. The molecule has 0 aliphatic carbocycles. The number of carbonyl (C=O) groups is 2. The van der Waals surface area contributed by atoms with Crippen LogP contribution in [-0.2, 0) is 9.59 Å². The molecule has 0 spiro atoms. The van der Waals surface area contributed by atoms with Crippen molar-refractivity contribution in [3.63, 3.8) is 0 Å². The Labute approximate surface area is 125 Å². The van der Waals surface area contributed by atoms with E-state index >= 15 is 0 Å². The number of piperazine rings is 1. The standard InChI is InChI=1S/C17H22N2O2/c1-12(2)13-7-3-4-8-14(13)19-11-16(20)18-10-6-5-9-15(18)17(19)21/h3-4,7-8,12,15H,5-6,9-11H2,1-2H3. The lowest BCUT2D eigenvalue weighted by Gasteiger charge is -2.43. The van der Waals surface area contributed by atoms with Crippen molar-refractivity contribution in [2.24, 2.45) is 0 Å². The lowest BCUT2D eigenvalue weighted by Crippen LogP contribution is -2.61. The zero-order valence-corrected chi connectivity index (χ0v) is 12.7. The van der Waals surface area contributed by atoms with E-state index in [1.807, 2.05) is 24.3 Å². The quantitative estimate of drug-likeness (QED) is 0.838. The third kappa shape index (κ3) is 2.43. The van der Waals surface area contributed by atoms with E-state index in [1.165, 1.54) is 0 Å². The molecule has 2 saturated heterocycles. The number of hydrogen-bond donors (Lipinski definition) is 0. The van der Waals surface area contributed by atoms with Gasteiger partial charge in [-0.25, -0.2) is 0 Å². The summed E-state index contributed by atoms with van der Waals surface area (Å²) < 4.78 is 0. The van der Waals surface area contributed by atoms with Gasteiger partial charge in [0.2, 0.25) is 11.8 Å². The smallest absolute Gasteiger partial charge is 0.250 e. The van der Waals surface area contributed by atoms with Crippen LogP contribution in [0.1, 0.15) is 44.6 Å². The van der Waals surface area contributed by atoms with Gasteiger partial charge in [-0.2, -0.15) is 0 Å². The molecule has 0 aromatic heterocycles. The Bertz CT molecular complexity index is 568. The van der Waals surface area contributed by atoms with E-state index in [0.717, 1.165) is 37.1 Å². The maximum absolute atomic E-state index is 12.8. The van der Waals surface area contributed by atoms with Crippen LogP contribution in [0.3, 0.4) is 0 Å². The first-order valence-electron chi connectivity index (χ1n) is 7.79. The fourth-order valence-electron chi connectivity index (χ4n) is 3.40. The molecular formula is C17H22N2O2. The van der Waals surface area contributed by atoms with E-state index in [4.69, 9.17) is 0 Å². The van der Waals surface area contributed by atoms with Crippen LogP contribution >= 0.6 is 0 Å². The van der Waals surface area contributed by atoms with Crippen molar-refractivity contribution in [1.82, 2.24) is 4.90 Å². The number of amides is 2. The molecular weight excluding hydrogens is 264 g/mol. The number of benzene rings is 1. The highest BCUT2D eigenvalue weighted by atomic mass is 16.2. The van der Waals surface area contributed by atoms with Crippen LogP contribution in [0.5, 0.6) is 0 Å². The molecule has 1 aromatic carbocycles. The van der Waals surface area contributed by atoms with E-state index in [2.05, 4.69) is 13.8 Å². The molecule has 0 bridgehead atoms. The predicted molar refractivity (Wildman–Crippen MR) is 82.2 cm³/mol. The van der Waals surface area contributed by atoms with Crippen LogP contribution in [0, 0.1) is 0 Å². The van der Waals surface area contributed by atoms with Crippen molar-refractivity contribution in [3.05, 3.63) is 29.8 Å². The van der Waals surface area contributed by atoms with Gasteiger partial charge in [-0.3, -0.25) is 9.59 Å². The van der Waals surface area contributed by atoms with Gasteiger partial charge in [-0.15, -0.1) is 0 Å². The Morgan fingerprint density at radius 2 is 1.90 bits per heavy atom. The fraction of sp³-hybridized carbons (Fsp3) is 0.529. The summed E-state index contributed by atoms with van der Waals surface area (Å²) in [4.78, 5) is 28.7. The molecule has 112 valence electrons. The van der Waals surface area contributed by atoms with E-state index in [-0.39, 0.29) is 24.4 Å². The van der Waals surface area contributed by atoms with Gasteiger partial charge in [0, 0.05) is 12.2 Å². The van der Waals surface area contributed by atoms with Crippen molar-refractivity contribution >= 4 is 17.5 Å². The maximum Gasteiger partial charge on any atom is 0.250 e. The highest BCUT2D eigenvalue weighted by Gasteiger charge is 2.41. The fourth-order valence-corrected chi connectivity index (χ4v) is 3.40. The SMILES string of the molecule is CC(C)c1ccccc1N1CC(=O)N2CCCCC2C1=O. The molecule has 2 aliphatic rings. The van der Waals surface area contributed by atoms with Crippen LogP contribution in [-0.4, -0.2) is 35.8 Å². The summed E-state index contributed by atoms with van der Waals surface area (Å²) in [5.41, 5.74) is 2.03. The summed E-state index contributed by atoms with van der Waals surface area (Å²) in [6.45, 7) is 5.14. The first-order valence-corrected chi connectivity index (χ1v) is 7.79. The number of carbonyl (C=O) groups excluding carboxylic acids is 2. The van der Waals surface area contributed by atoms with Gasteiger partial charge >= 0.3 is 0 Å². The first-order chi connectivity index (χ1) is 10.1. The molecule has 1 unspecified atom stereocenters. The Morgan fingerprint density at radius 3 is 2.67 bits per heavy atom. The number of hydrogen-bond acceptors (Lipinski definition) is 2. The topological polar surface area (TPSA) is 40.6 Å². The third-order valence-corrected chi connectivity index (χ3v) is 4.52. The molecule has 21 heavy (non-hydrogen) atoms. The minimum Gasteiger partial charge on any atom is -0.329 e. The molecule has 2 fully saturated rings. The molecule has 0 N–H and O–H groups in total. The highest BCUT2D eigenvalue weighted by molar-refractivity contribution is 6.07. The average Bonchev–Trinajstić information content (AvgIpc) is 2.51. The predicted octanol–water partition coefficient (Wildman–Crippen LogP) is 2.54. The second-order valence-electron chi connectivity index (χ2n) is 6.24. The highest BCUT2D eigenvalue weighted by Crippen LogP contribution is 2.31. The minimum atomic E-state index is -0.250. The number of nitrogens with zero attached hydrogens (tertiary/aromatic N) is 2. The average molecular weight is 286 g/mol. The number of para-hydroxylation sites is 1. The van der Waals surface area contributed by atoms with Crippen LogP contribution in [0.25, 0.3) is 0 Å². The molecule has 0 radical (unpaired) electrons. The largest absolute Gasteiger partial charge is 0.329 e. The second-order valence-corrected chi connectivity index (χ2v) is 6.24. The van der Waals surface area contributed by atoms with E-state index in [9.17, 15) is 9.59 Å². The third-order valence-electron chi connectivity index (χ3n) is 4.52. The Morgan fingerprint density at radius 1 is 1.14 bits per heavy atom. The van der Waals surface area contributed by atoms with Crippen LogP contribution in [0.4, 0.5) is 5.69 Å². The summed E-state index contributed by atoms with van der Waals surface area (Å²) in [5.74, 6) is 0.494. The summed E-state index contributed by atoms with van der Waals surface area (Å²) in [6, 6.07) is 7.68. The van der Waals surface area contributed by atoms with Crippen LogP contribution in [0.2, 0.25) is 0 Å². The summed E-state index contributed by atoms with van der Waals surface area (Å²) >= 11 is 0. The van der Waals surface area contributed by atoms with Crippen molar-refractivity contribution in [1.29, 1.82) is 0 Å². The Balaban J connectivity index is 1.96. The van der Waals surface area contributed by atoms with Gasteiger partial charge in [0.25, 0.3) is 0 Å². The van der Waals surface area contributed by atoms with E-state index < -0.39 is 0 Å². The lowest BCUT2D eigenvalue weighted by atomic mass is 9.95. The number of piperidine rings is 1. The zero-order valence-electron chi connectivity index (χ0n) is 12.7. The molecule has 4 nitrogen and oxygen atoms in total. The van der Waals surface area contributed by atoms with Crippen molar-refractivity contribution in [2.45, 2.75) is 45.1 Å². The van der Waals surface area contributed by atoms with Crippen molar-refractivity contribution in [3.8, 4) is 0 Å². The van der Waals surface area contributed by atoms with Crippen LogP contribution < -0.4 is 4.90 Å². The second kappa shape index (κ2) is 5.51. The van der Waals surface area contributed by atoms with Gasteiger partial charge < -0.3 is 9.80 Å². The molecule has 2 aliphatic heterocycles. The van der Waals surface area contributed by atoms with Crippen LogP contribution in [0.15, 0.2) is 24.3 Å². The molecule has 0 saturated carbocycles. The van der Waals surface area contributed by atoms with Gasteiger partial charge in [-0.1, -0.05) is 32.0 Å². The first kappa shape index (κ1) is 14.1. The minimum absolute atomic E-state index is 0.0814. The molecule has 1 aromatic rings. The molecule has 3 rings (SSSR count). The summed E-state index contributed by atoms with van der Waals surface area (Å²) in [6.07, 6.45) is 2.84. The van der Waals surface area contributed by atoms with Gasteiger partial charge in [-0.05, 0) is 36.8 Å². The van der Waals surface area contributed by atoms with E-state index in [1.54, 1.807) is 9.80 Å². The molecule has 2 amide bonds. The Hall–Kier alpha value is -1.84. The molecule has 4 heteroatoms. The van der Waals surface area contributed by atoms with E-state index in [0.29, 0.717) is 5.92 Å². The Kier molecular flexibility index (Phi) is 3.70. The maximum atomic E-state index is 12.8. The van der Waals surface area contributed by atoms with Gasteiger partial charge in [0.05, 0.1) is 0 Å². The molecule has 1 atom stereocenters. The monoisotopic (exact) mass is 286 g/mol. The lowest BCUT2D eigenvalue weighted by molar-refractivity contribution is -0.144. The zero-order chi connectivity index (χ0) is 15.0. The van der Waals surface area contributed by atoms with Gasteiger partial charge in [0.15, 0.2) is 0 Å². The molecule has 2 heterocycles. The number of rotatable bonds is 2. The summed E-state index contributed by atoms with van der Waals surface area (Å²) in [5, 5.41) is 0. The summed E-state index contributed by atoms with van der Waals surface area (Å²) in [7, 11) is 0. The van der Waals surface area contributed by atoms with Crippen molar-refractivity contribution < 1.29 is 9.59 Å². The van der Waals surface area contributed by atoms with Gasteiger partial charge in [0.1, 0.15) is 12.6 Å².